The van der Waals surface area contributed by atoms with Crippen molar-refractivity contribution in [3.8, 4) is 22.5 Å². The van der Waals surface area contributed by atoms with Crippen molar-refractivity contribution >= 4 is 17.4 Å². The minimum absolute atomic E-state index is 0.0187. The summed E-state index contributed by atoms with van der Waals surface area (Å²) in [7, 11) is 1.90. The molecule has 1 saturated heterocycles. The third-order valence-corrected chi connectivity index (χ3v) is 9.36. The van der Waals surface area contributed by atoms with Crippen LogP contribution >= 0.6 is 0 Å². The maximum absolute atomic E-state index is 13.8. The molecule has 3 fully saturated rings. The van der Waals surface area contributed by atoms with Crippen molar-refractivity contribution in [2.24, 2.45) is 12.5 Å². The first-order valence-electron chi connectivity index (χ1n) is 14.5. The van der Waals surface area contributed by atoms with Crippen LogP contribution in [0.15, 0.2) is 54.9 Å². The van der Waals surface area contributed by atoms with Gasteiger partial charge in [-0.25, -0.2) is 9.83 Å². The van der Waals surface area contributed by atoms with E-state index in [-0.39, 0.29) is 5.91 Å². The standard InChI is InChI=1S/C33H31N7O/c1-34-25-7-8-26(28(16-25)31-37-35-20-38(31)2)24-14-29(22-5-6-22)36-30(15-24)40-18-23-4-3-21(13-27(23)32(40)41)17-39-12-11-33(19-39)9-10-33/h3-4,7-8,13-16,20,22H,5-6,9-12,17-19H2,2H3. The van der Waals surface area contributed by atoms with Crippen molar-refractivity contribution < 1.29 is 4.79 Å². The molecule has 0 radical (unpaired) electrons. The van der Waals surface area contributed by atoms with Gasteiger partial charge in [0.1, 0.15) is 12.1 Å². The molecule has 1 amide bonds. The van der Waals surface area contributed by atoms with Crippen LogP contribution in [0.5, 0.6) is 0 Å². The molecule has 2 aliphatic carbocycles. The second-order valence-electron chi connectivity index (χ2n) is 12.4. The first-order valence-corrected chi connectivity index (χ1v) is 14.5. The number of rotatable bonds is 6. The smallest absolute Gasteiger partial charge is 0.260 e. The number of hydrogen-bond donors (Lipinski definition) is 0. The van der Waals surface area contributed by atoms with Crippen LogP contribution in [-0.2, 0) is 20.1 Å². The minimum atomic E-state index is 0.0187. The van der Waals surface area contributed by atoms with Gasteiger partial charge in [-0.3, -0.25) is 14.6 Å². The number of carbonyl (C=O) groups is 1. The van der Waals surface area contributed by atoms with E-state index in [1.807, 2.05) is 40.8 Å². The Labute approximate surface area is 239 Å². The molecule has 4 aromatic rings. The summed E-state index contributed by atoms with van der Waals surface area (Å²) in [6.45, 7) is 11.3. The van der Waals surface area contributed by atoms with E-state index in [1.165, 1.54) is 31.4 Å². The van der Waals surface area contributed by atoms with Gasteiger partial charge in [0.25, 0.3) is 5.91 Å². The Kier molecular flexibility index (Phi) is 5.42. The zero-order valence-corrected chi connectivity index (χ0v) is 23.2. The van der Waals surface area contributed by atoms with E-state index in [2.05, 4.69) is 44.2 Å². The van der Waals surface area contributed by atoms with Gasteiger partial charge in [-0.2, -0.15) is 0 Å². The Balaban J connectivity index is 1.14. The fourth-order valence-corrected chi connectivity index (χ4v) is 6.62. The molecule has 2 aliphatic heterocycles. The fourth-order valence-electron chi connectivity index (χ4n) is 6.62. The highest BCUT2D eigenvalue weighted by molar-refractivity contribution is 6.10. The summed E-state index contributed by atoms with van der Waals surface area (Å²) < 4.78 is 1.86. The molecule has 8 rings (SSSR count). The Bertz CT molecular complexity index is 1760. The lowest BCUT2D eigenvalue weighted by Crippen LogP contribution is -2.24. The number of aromatic nitrogens is 4. The van der Waals surface area contributed by atoms with E-state index in [9.17, 15) is 4.79 Å². The summed E-state index contributed by atoms with van der Waals surface area (Å²) in [5.41, 5.74) is 7.99. The number of nitrogens with zero attached hydrogens (tertiary/aromatic N) is 7. The number of amides is 1. The van der Waals surface area contributed by atoms with Crippen LogP contribution in [-0.4, -0.2) is 43.6 Å². The van der Waals surface area contributed by atoms with Crippen LogP contribution < -0.4 is 4.90 Å². The predicted octanol–water partition coefficient (Wildman–Crippen LogP) is 6.12. The van der Waals surface area contributed by atoms with E-state index >= 15 is 0 Å². The van der Waals surface area contributed by atoms with Crippen LogP contribution in [0.3, 0.4) is 0 Å². The average Bonchev–Trinajstić information content (AvgIpc) is 3.87. The van der Waals surface area contributed by atoms with Gasteiger partial charge in [-0.1, -0.05) is 24.3 Å². The normalized spacial score (nSPS) is 19.1. The van der Waals surface area contributed by atoms with Crippen molar-refractivity contribution in [1.29, 1.82) is 0 Å². The van der Waals surface area contributed by atoms with Gasteiger partial charge < -0.3 is 4.57 Å². The van der Waals surface area contributed by atoms with Gasteiger partial charge in [0, 0.05) is 42.9 Å². The zero-order chi connectivity index (χ0) is 27.7. The van der Waals surface area contributed by atoms with Crippen LogP contribution in [0.25, 0.3) is 27.4 Å². The summed E-state index contributed by atoms with van der Waals surface area (Å²) in [6.07, 6.45) is 7.95. The number of aryl methyl sites for hydroxylation is 1. The number of carbonyl (C=O) groups excluding carboxylic acids is 1. The number of fused-ring (bicyclic) bond motifs is 1. The molecule has 41 heavy (non-hydrogen) atoms. The maximum Gasteiger partial charge on any atom is 0.260 e. The Morgan fingerprint density at radius 3 is 2.63 bits per heavy atom. The van der Waals surface area contributed by atoms with E-state index in [4.69, 9.17) is 11.6 Å². The molecule has 4 aliphatic rings. The fraction of sp³-hybridized carbons (Fsp3) is 0.364. The van der Waals surface area contributed by atoms with Gasteiger partial charge >= 0.3 is 0 Å². The molecule has 4 heterocycles. The molecule has 8 heteroatoms. The Hall–Kier alpha value is -4.35. The largest absolute Gasteiger partial charge is 0.317 e. The number of hydrogen-bond acceptors (Lipinski definition) is 5. The van der Waals surface area contributed by atoms with Crippen molar-refractivity contribution in [2.45, 2.75) is 51.1 Å². The molecule has 1 spiro atoms. The highest BCUT2D eigenvalue weighted by Gasteiger charge is 2.47. The van der Waals surface area contributed by atoms with E-state index in [1.54, 1.807) is 6.33 Å². The van der Waals surface area contributed by atoms with Crippen molar-refractivity contribution in [3.63, 3.8) is 0 Å². The Morgan fingerprint density at radius 2 is 1.90 bits per heavy atom. The lowest BCUT2D eigenvalue weighted by Gasteiger charge is -2.18. The molecular formula is C33H31N7O. The van der Waals surface area contributed by atoms with Crippen molar-refractivity contribution in [1.82, 2.24) is 24.6 Å². The lowest BCUT2D eigenvalue weighted by atomic mass is 9.97. The first kappa shape index (κ1) is 24.4. The van der Waals surface area contributed by atoms with Gasteiger partial charge in [0.15, 0.2) is 11.5 Å². The third-order valence-electron chi connectivity index (χ3n) is 9.36. The van der Waals surface area contributed by atoms with Crippen molar-refractivity contribution in [3.05, 3.63) is 88.7 Å². The maximum atomic E-state index is 13.8. The molecular weight excluding hydrogens is 510 g/mol. The van der Waals surface area contributed by atoms with E-state index in [0.29, 0.717) is 35.2 Å². The van der Waals surface area contributed by atoms with Gasteiger partial charge in [-0.15, -0.1) is 10.2 Å². The highest BCUT2D eigenvalue weighted by Crippen LogP contribution is 2.53. The molecule has 0 N–H and O–H groups in total. The van der Waals surface area contributed by atoms with Crippen LogP contribution in [0.1, 0.15) is 65.2 Å². The van der Waals surface area contributed by atoms with Crippen LogP contribution in [0.2, 0.25) is 0 Å². The quantitative estimate of drug-likeness (QED) is 0.275. The molecule has 0 atom stereocenters. The second kappa shape index (κ2) is 9.08. The van der Waals surface area contributed by atoms with Crippen molar-refractivity contribution in [2.75, 3.05) is 18.0 Å². The molecule has 2 aromatic carbocycles. The molecule has 8 nitrogen and oxygen atoms in total. The molecule has 0 bridgehead atoms. The number of likely N-dealkylation sites (tertiary alicyclic amines) is 1. The summed E-state index contributed by atoms with van der Waals surface area (Å²) in [5, 5.41) is 8.41. The molecule has 0 unspecified atom stereocenters. The average molecular weight is 542 g/mol. The summed E-state index contributed by atoms with van der Waals surface area (Å²) >= 11 is 0. The highest BCUT2D eigenvalue weighted by atomic mass is 16.2. The van der Waals surface area contributed by atoms with E-state index < -0.39 is 0 Å². The number of benzene rings is 2. The van der Waals surface area contributed by atoms with E-state index in [0.717, 1.165) is 59.4 Å². The Morgan fingerprint density at radius 1 is 1.02 bits per heavy atom. The summed E-state index contributed by atoms with van der Waals surface area (Å²) in [6, 6.07) is 16.3. The van der Waals surface area contributed by atoms with Gasteiger partial charge in [0.2, 0.25) is 0 Å². The molecule has 204 valence electrons. The molecule has 2 saturated carbocycles. The van der Waals surface area contributed by atoms with Gasteiger partial charge in [-0.05, 0) is 90.6 Å². The predicted molar refractivity (Wildman–Crippen MR) is 156 cm³/mol. The third kappa shape index (κ3) is 4.32. The monoisotopic (exact) mass is 541 g/mol. The van der Waals surface area contributed by atoms with Crippen LogP contribution in [0, 0.1) is 12.0 Å². The topological polar surface area (TPSA) is 71.5 Å². The SMILES string of the molecule is [C-]#[N+]c1ccc(-c2cc(C3CC3)nc(N3Cc4ccc(CN5CCC6(CC6)C5)cc4C3=O)c2)c(-c2nncn2C)c1. The summed E-state index contributed by atoms with van der Waals surface area (Å²) in [4.78, 5) is 26.9. The molecule has 2 aromatic heterocycles. The van der Waals surface area contributed by atoms with Gasteiger partial charge in [0.05, 0.1) is 13.1 Å². The number of pyridine rings is 1. The number of anilines is 1. The van der Waals surface area contributed by atoms with Crippen LogP contribution in [0.4, 0.5) is 11.5 Å². The summed E-state index contributed by atoms with van der Waals surface area (Å²) in [5.74, 6) is 1.81. The lowest BCUT2D eigenvalue weighted by molar-refractivity contribution is 0.0995. The first-order chi connectivity index (χ1) is 20.0. The zero-order valence-electron chi connectivity index (χ0n) is 23.2. The minimum Gasteiger partial charge on any atom is -0.317 e. The second-order valence-corrected chi connectivity index (χ2v) is 12.4.